The largest absolute Gasteiger partial charge is 0.379 e. The summed E-state index contributed by atoms with van der Waals surface area (Å²) in [5, 5.41) is 3.38. The van der Waals surface area contributed by atoms with E-state index in [1.807, 2.05) is 0 Å². The van der Waals surface area contributed by atoms with Crippen LogP contribution in [0.25, 0.3) is 0 Å². The second-order valence-electron chi connectivity index (χ2n) is 4.36. The number of nitrogens with one attached hydrogen (secondary N) is 1. The van der Waals surface area contributed by atoms with Crippen LogP contribution in [0.2, 0.25) is 0 Å². The van der Waals surface area contributed by atoms with Gasteiger partial charge in [0, 0.05) is 13.2 Å². The van der Waals surface area contributed by atoms with Crippen LogP contribution in [0.1, 0.15) is 25.7 Å². The zero-order valence-electron chi connectivity index (χ0n) is 8.84. The van der Waals surface area contributed by atoms with Gasteiger partial charge in [-0.1, -0.05) is 0 Å². The van der Waals surface area contributed by atoms with Crippen molar-refractivity contribution in [2.45, 2.75) is 31.8 Å². The van der Waals surface area contributed by atoms with Crippen LogP contribution in [0.5, 0.6) is 0 Å². The molecule has 2 rings (SSSR count). The van der Waals surface area contributed by atoms with Crippen LogP contribution < -0.4 is 5.32 Å². The molecule has 3 heteroatoms. The lowest BCUT2D eigenvalue weighted by atomic mass is 10.1. The minimum atomic E-state index is 0.373. The van der Waals surface area contributed by atoms with Gasteiger partial charge in [-0.3, -0.25) is 0 Å². The molecule has 0 aromatic heterocycles. The Morgan fingerprint density at radius 3 is 3.07 bits per heavy atom. The third kappa shape index (κ3) is 3.23. The van der Waals surface area contributed by atoms with E-state index in [2.05, 4.69) is 5.32 Å². The molecule has 0 amide bonds. The van der Waals surface area contributed by atoms with Gasteiger partial charge >= 0.3 is 0 Å². The van der Waals surface area contributed by atoms with Crippen LogP contribution in [-0.2, 0) is 9.47 Å². The zero-order chi connectivity index (χ0) is 9.64. The monoisotopic (exact) mass is 199 g/mol. The highest BCUT2D eigenvalue weighted by Gasteiger charge is 2.17. The first-order valence-corrected chi connectivity index (χ1v) is 5.85. The lowest BCUT2D eigenvalue weighted by Crippen LogP contribution is -2.26. The predicted molar refractivity (Wildman–Crippen MR) is 55.4 cm³/mol. The maximum absolute atomic E-state index is 5.79. The maximum Gasteiger partial charge on any atom is 0.0809 e. The molecule has 2 unspecified atom stereocenters. The number of ether oxygens (including phenoxy) is 2. The van der Waals surface area contributed by atoms with Gasteiger partial charge in [0.2, 0.25) is 0 Å². The van der Waals surface area contributed by atoms with Crippen LogP contribution in [0.3, 0.4) is 0 Å². The van der Waals surface area contributed by atoms with Gasteiger partial charge in [0.1, 0.15) is 0 Å². The van der Waals surface area contributed by atoms with E-state index in [-0.39, 0.29) is 0 Å². The Kier molecular flexibility index (Phi) is 4.22. The fraction of sp³-hybridized carbons (Fsp3) is 1.00. The van der Waals surface area contributed by atoms with Crippen molar-refractivity contribution in [3.8, 4) is 0 Å². The zero-order valence-corrected chi connectivity index (χ0v) is 8.84. The van der Waals surface area contributed by atoms with E-state index in [4.69, 9.17) is 9.47 Å². The summed E-state index contributed by atoms with van der Waals surface area (Å²) in [4.78, 5) is 0. The van der Waals surface area contributed by atoms with Crippen LogP contribution in [0, 0.1) is 5.92 Å². The smallest absolute Gasteiger partial charge is 0.0809 e. The Labute approximate surface area is 86.2 Å². The van der Waals surface area contributed by atoms with E-state index in [9.17, 15) is 0 Å². The second kappa shape index (κ2) is 5.69. The summed E-state index contributed by atoms with van der Waals surface area (Å²) in [6, 6.07) is 0. The lowest BCUT2D eigenvalue weighted by Gasteiger charge is -2.22. The van der Waals surface area contributed by atoms with Gasteiger partial charge in [0.05, 0.1) is 12.7 Å². The topological polar surface area (TPSA) is 30.5 Å². The molecule has 0 radical (unpaired) electrons. The highest BCUT2D eigenvalue weighted by atomic mass is 16.5. The minimum Gasteiger partial charge on any atom is -0.379 e. The highest BCUT2D eigenvalue weighted by molar-refractivity contribution is 4.71. The molecule has 14 heavy (non-hydrogen) atoms. The molecule has 0 saturated carbocycles. The Bertz CT molecular complexity index is 151. The normalized spacial score (nSPS) is 33.4. The summed E-state index contributed by atoms with van der Waals surface area (Å²) in [7, 11) is 0. The van der Waals surface area contributed by atoms with Gasteiger partial charge in [0.25, 0.3) is 0 Å². The summed E-state index contributed by atoms with van der Waals surface area (Å²) in [5.41, 5.74) is 0. The summed E-state index contributed by atoms with van der Waals surface area (Å²) in [6.45, 7) is 5.03. The van der Waals surface area contributed by atoms with E-state index in [1.165, 1.54) is 32.4 Å². The molecule has 1 N–H and O–H groups in total. The SMILES string of the molecule is C1COCC(OCCC2CCNC2)C1. The molecule has 2 aliphatic heterocycles. The Morgan fingerprint density at radius 1 is 1.36 bits per heavy atom. The second-order valence-corrected chi connectivity index (χ2v) is 4.36. The number of hydrogen-bond acceptors (Lipinski definition) is 3. The average molecular weight is 199 g/mol. The molecule has 0 bridgehead atoms. The Hall–Kier alpha value is -0.120. The third-order valence-corrected chi connectivity index (χ3v) is 3.16. The molecule has 2 aliphatic rings. The molecule has 3 nitrogen and oxygen atoms in total. The molecule has 2 saturated heterocycles. The van der Waals surface area contributed by atoms with Crippen LogP contribution in [0.15, 0.2) is 0 Å². The molecule has 0 aliphatic carbocycles. The van der Waals surface area contributed by atoms with Crippen molar-refractivity contribution < 1.29 is 9.47 Å². The highest BCUT2D eigenvalue weighted by Crippen LogP contribution is 2.14. The van der Waals surface area contributed by atoms with E-state index in [0.717, 1.165) is 32.2 Å². The molecule has 0 aromatic rings. The molecule has 0 spiro atoms. The van der Waals surface area contributed by atoms with Crippen LogP contribution in [0.4, 0.5) is 0 Å². The van der Waals surface area contributed by atoms with E-state index < -0.39 is 0 Å². The van der Waals surface area contributed by atoms with Gasteiger partial charge in [0.15, 0.2) is 0 Å². The van der Waals surface area contributed by atoms with Crippen molar-refractivity contribution in [2.24, 2.45) is 5.92 Å². The van der Waals surface area contributed by atoms with Gasteiger partial charge in [-0.15, -0.1) is 0 Å². The summed E-state index contributed by atoms with van der Waals surface area (Å²) in [5.74, 6) is 0.847. The van der Waals surface area contributed by atoms with Gasteiger partial charge in [-0.05, 0) is 44.7 Å². The molecule has 2 heterocycles. The van der Waals surface area contributed by atoms with Crippen molar-refractivity contribution in [1.82, 2.24) is 5.32 Å². The number of rotatable bonds is 4. The Balaban J connectivity index is 1.52. The summed E-state index contributed by atoms with van der Waals surface area (Å²) < 4.78 is 11.2. The summed E-state index contributed by atoms with van der Waals surface area (Å²) >= 11 is 0. The van der Waals surface area contributed by atoms with Crippen molar-refractivity contribution in [1.29, 1.82) is 0 Å². The average Bonchev–Trinajstić information content (AvgIpc) is 2.72. The van der Waals surface area contributed by atoms with Gasteiger partial charge in [-0.25, -0.2) is 0 Å². The molecular formula is C11H21NO2. The van der Waals surface area contributed by atoms with E-state index in [1.54, 1.807) is 0 Å². The lowest BCUT2D eigenvalue weighted by molar-refractivity contribution is -0.0524. The van der Waals surface area contributed by atoms with Crippen LogP contribution >= 0.6 is 0 Å². The third-order valence-electron chi connectivity index (χ3n) is 3.16. The first kappa shape index (κ1) is 10.4. The molecule has 82 valence electrons. The molecule has 0 aromatic carbocycles. The summed E-state index contributed by atoms with van der Waals surface area (Å²) in [6.07, 6.45) is 5.25. The first-order valence-electron chi connectivity index (χ1n) is 5.85. The minimum absolute atomic E-state index is 0.373. The number of hydrogen-bond donors (Lipinski definition) is 1. The van der Waals surface area contributed by atoms with Crippen molar-refractivity contribution in [3.63, 3.8) is 0 Å². The van der Waals surface area contributed by atoms with Gasteiger partial charge in [-0.2, -0.15) is 0 Å². The Morgan fingerprint density at radius 2 is 2.36 bits per heavy atom. The van der Waals surface area contributed by atoms with Crippen molar-refractivity contribution in [3.05, 3.63) is 0 Å². The van der Waals surface area contributed by atoms with Crippen molar-refractivity contribution >= 4 is 0 Å². The fourth-order valence-electron chi connectivity index (χ4n) is 2.20. The van der Waals surface area contributed by atoms with Crippen molar-refractivity contribution in [2.75, 3.05) is 32.9 Å². The fourth-order valence-corrected chi connectivity index (χ4v) is 2.20. The maximum atomic E-state index is 5.79. The first-order chi connectivity index (χ1) is 6.95. The van der Waals surface area contributed by atoms with Gasteiger partial charge < -0.3 is 14.8 Å². The molecule has 2 fully saturated rings. The molecule has 2 atom stereocenters. The quantitative estimate of drug-likeness (QED) is 0.737. The predicted octanol–water partition coefficient (Wildman–Crippen LogP) is 1.18. The van der Waals surface area contributed by atoms with E-state index >= 15 is 0 Å². The van der Waals surface area contributed by atoms with Crippen LogP contribution in [-0.4, -0.2) is 39.0 Å². The van der Waals surface area contributed by atoms with E-state index in [0.29, 0.717) is 6.10 Å². The standard InChI is InChI=1S/C11H21NO2/c1-2-11(9-13-6-1)14-7-4-10-3-5-12-8-10/h10-12H,1-9H2. The molecular weight excluding hydrogens is 178 g/mol.